The number of amides is 1. The lowest BCUT2D eigenvalue weighted by atomic mass is 10.0. The topological polar surface area (TPSA) is 62.4 Å². The summed E-state index contributed by atoms with van der Waals surface area (Å²) < 4.78 is 5.13. The molecule has 1 unspecified atom stereocenters. The number of methoxy groups -OCH3 is 1. The number of carbonyl (C=O) groups is 1. The van der Waals surface area contributed by atoms with Crippen LogP contribution in [0.1, 0.15) is 17.8 Å². The van der Waals surface area contributed by atoms with Gasteiger partial charge in [-0.05, 0) is 54.9 Å². The van der Waals surface area contributed by atoms with Gasteiger partial charge >= 0.3 is 0 Å². The molecule has 1 aromatic heterocycles. The van der Waals surface area contributed by atoms with Crippen molar-refractivity contribution >= 4 is 40.3 Å². The molecular weight excluding hydrogens is 342 g/mol. The van der Waals surface area contributed by atoms with Crippen LogP contribution >= 0.6 is 23.6 Å². The van der Waals surface area contributed by atoms with Crippen LogP contribution in [0.25, 0.3) is 0 Å². The Balaban J connectivity index is 1.87. The van der Waals surface area contributed by atoms with Crippen molar-refractivity contribution in [3.63, 3.8) is 0 Å². The predicted octanol–water partition coefficient (Wildman–Crippen LogP) is 3.19. The average Bonchev–Trinajstić information content (AvgIpc) is 3.09. The Morgan fingerprint density at radius 2 is 2.04 bits per heavy atom. The van der Waals surface area contributed by atoms with Crippen molar-refractivity contribution in [3.05, 3.63) is 57.9 Å². The van der Waals surface area contributed by atoms with Gasteiger partial charge in [0.1, 0.15) is 5.75 Å². The Bertz CT molecular complexity index is 783. The highest BCUT2D eigenvalue weighted by atomic mass is 32.1. The van der Waals surface area contributed by atoms with Crippen molar-refractivity contribution in [3.8, 4) is 5.75 Å². The highest BCUT2D eigenvalue weighted by Crippen LogP contribution is 2.30. The van der Waals surface area contributed by atoms with E-state index in [2.05, 4.69) is 16.0 Å². The van der Waals surface area contributed by atoms with Gasteiger partial charge in [-0.2, -0.15) is 0 Å². The number of thiophene rings is 1. The van der Waals surface area contributed by atoms with Crippen LogP contribution in [0.5, 0.6) is 5.75 Å². The van der Waals surface area contributed by atoms with Gasteiger partial charge in [0.15, 0.2) is 5.11 Å². The summed E-state index contributed by atoms with van der Waals surface area (Å²) in [7, 11) is 1.61. The summed E-state index contributed by atoms with van der Waals surface area (Å²) in [6.45, 7) is 1.86. The molecule has 0 spiro atoms. The minimum Gasteiger partial charge on any atom is -0.497 e. The van der Waals surface area contributed by atoms with Gasteiger partial charge in [0, 0.05) is 16.3 Å². The molecule has 0 aliphatic carbocycles. The van der Waals surface area contributed by atoms with Gasteiger partial charge in [-0.3, -0.25) is 4.79 Å². The largest absolute Gasteiger partial charge is 0.497 e. The number of hydrogen-bond acceptors (Lipinski definition) is 4. The first-order valence-corrected chi connectivity index (χ1v) is 8.64. The van der Waals surface area contributed by atoms with E-state index in [1.807, 2.05) is 24.4 Å². The van der Waals surface area contributed by atoms with Crippen molar-refractivity contribution in [1.82, 2.24) is 10.6 Å². The molecule has 1 aliphatic rings. The molecule has 5 nitrogen and oxygen atoms in total. The van der Waals surface area contributed by atoms with Crippen molar-refractivity contribution < 1.29 is 9.53 Å². The molecule has 1 aliphatic heterocycles. The van der Waals surface area contributed by atoms with E-state index in [0.717, 1.165) is 16.3 Å². The molecule has 3 N–H and O–H groups in total. The third-order valence-electron chi connectivity index (χ3n) is 3.69. The van der Waals surface area contributed by atoms with E-state index in [1.54, 1.807) is 42.7 Å². The molecule has 2 heterocycles. The third kappa shape index (κ3) is 3.42. The van der Waals surface area contributed by atoms with Gasteiger partial charge < -0.3 is 20.7 Å². The summed E-state index contributed by atoms with van der Waals surface area (Å²) in [6, 6.07) is 10.9. The SMILES string of the molecule is COc1ccc(NC(=O)C2=C(C)NC(=S)NC2c2cccs2)cc1. The lowest BCUT2D eigenvalue weighted by Gasteiger charge is -2.29. The molecule has 1 atom stereocenters. The van der Waals surface area contributed by atoms with E-state index in [0.29, 0.717) is 16.4 Å². The Labute approximate surface area is 149 Å². The molecule has 0 radical (unpaired) electrons. The maximum absolute atomic E-state index is 12.8. The van der Waals surface area contributed by atoms with Crippen molar-refractivity contribution in [1.29, 1.82) is 0 Å². The zero-order chi connectivity index (χ0) is 17.1. The van der Waals surface area contributed by atoms with E-state index < -0.39 is 0 Å². The van der Waals surface area contributed by atoms with Gasteiger partial charge in [0.05, 0.1) is 18.7 Å². The second kappa shape index (κ2) is 7.02. The number of ether oxygens (including phenoxy) is 1. The maximum atomic E-state index is 12.8. The smallest absolute Gasteiger partial charge is 0.255 e. The van der Waals surface area contributed by atoms with Crippen LogP contribution in [0, 0.1) is 0 Å². The molecule has 3 rings (SSSR count). The minimum atomic E-state index is -0.253. The molecule has 7 heteroatoms. The van der Waals surface area contributed by atoms with Gasteiger partial charge in [-0.25, -0.2) is 0 Å². The fraction of sp³-hybridized carbons (Fsp3) is 0.176. The number of allylic oxidation sites excluding steroid dienone is 1. The molecular formula is C17H17N3O2S2. The predicted molar refractivity (Wildman–Crippen MR) is 100 cm³/mol. The number of anilines is 1. The average molecular weight is 359 g/mol. The molecule has 1 aromatic carbocycles. The number of carbonyl (C=O) groups excluding carboxylic acids is 1. The molecule has 124 valence electrons. The molecule has 24 heavy (non-hydrogen) atoms. The van der Waals surface area contributed by atoms with Crippen LogP contribution in [-0.2, 0) is 4.79 Å². The highest BCUT2D eigenvalue weighted by Gasteiger charge is 2.30. The first kappa shape index (κ1) is 16.5. The number of nitrogens with one attached hydrogen (secondary N) is 3. The van der Waals surface area contributed by atoms with E-state index in [4.69, 9.17) is 17.0 Å². The standard InChI is InChI=1S/C17H17N3O2S2/c1-10-14(15(20-17(23)18-10)13-4-3-9-24-13)16(21)19-11-5-7-12(22-2)8-6-11/h3-9,15H,1-2H3,(H,19,21)(H2,18,20,23). The van der Waals surface area contributed by atoms with E-state index in [1.165, 1.54) is 0 Å². The summed E-state index contributed by atoms with van der Waals surface area (Å²) in [6.07, 6.45) is 0. The molecule has 0 saturated carbocycles. The summed E-state index contributed by atoms with van der Waals surface area (Å²) in [5, 5.41) is 11.6. The highest BCUT2D eigenvalue weighted by molar-refractivity contribution is 7.80. The number of rotatable bonds is 4. The quantitative estimate of drug-likeness (QED) is 0.732. The first-order valence-electron chi connectivity index (χ1n) is 7.35. The van der Waals surface area contributed by atoms with E-state index >= 15 is 0 Å². The Hall–Kier alpha value is -2.38. The summed E-state index contributed by atoms with van der Waals surface area (Å²) in [4.78, 5) is 13.9. The summed E-state index contributed by atoms with van der Waals surface area (Å²) >= 11 is 6.82. The van der Waals surface area contributed by atoms with Crippen LogP contribution in [0.15, 0.2) is 53.0 Å². The van der Waals surface area contributed by atoms with Gasteiger partial charge in [0.25, 0.3) is 5.91 Å². The number of thiocarbonyl (C=S) groups is 1. The Kier molecular flexibility index (Phi) is 4.82. The van der Waals surface area contributed by atoms with Crippen LogP contribution < -0.4 is 20.7 Å². The fourth-order valence-electron chi connectivity index (χ4n) is 2.54. The van der Waals surface area contributed by atoms with Crippen LogP contribution in [0.2, 0.25) is 0 Å². The molecule has 1 amide bonds. The molecule has 0 bridgehead atoms. The Morgan fingerprint density at radius 3 is 2.67 bits per heavy atom. The second-order valence-corrected chi connectivity index (χ2v) is 6.66. The molecule has 0 saturated heterocycles. The zero-order valence-corrected chi connectivity index (χ0v) is 14.9. The van der Waals surface area contributed by atoms with Gasteiger partial charge in [-0.15, -0.1) is 11.3 Å². The number of hydrogen-bond donors (Lipinski definition) is 3. The monoisotopic (exact) mass is 359 g/mol. The normalized spacial score (nSPS) is 17.1. The van der Waals surface area contributed by atoms with Gasteiger partial charge in [0.2, 0.25) is 0 Å². The lowest BCUT2D eigenvalue weighted by Crippen LogP contribution is -2.45. The first-order chi connectivity index (χ1) is 11.6. The number of benzene rings is 1. The van der Waals surface area contributed by atoms with Crippen molar-refractivity contribution in [2.45, 2.75) is 13.0 Å². The lowest BCUT2D eigenvalue weighted by molar-refractivity contribution is -0.113. The van der Waals surface area contributed by atoms with E-state index in [-0.39, 0.29) is 11.9 Å². The summed E-state index contributed by atoms with van der Waals surface area (Å²) in [5.74, 6) is 0.574. The molecule has 0 fully saturated rings. The minimum absolute atomic E-state index is 0.168. The van der Waals surface area contributed by atoms with Crippen molar-refractivity contribution in [2.75, 3.05) is 12.4 Å². The third-order valence-corrected chi connectivity index (χ3v) is 4.85. The summed E-state index contributed by atoms with van der Waals surface area (Å²) in [5.41, 5.74) is 2.09. The Morgan fingerprint density at radius 1 is 1.29 bits per heavy atom. The molecule has 2 aromatic rings. The van der Waals surface area contributed by atoms with Gasteiger partial charge in [-0.1, -0.05) is 6.07 Å². The zero-order valence-electron chi connectivity index (χ0n) is 13.3. The fourth-order valence-corrected chi connectivity index (χ4v) is 3.59. The van der Waals surface area contributed by atoms with Crippen LogP contribution in [0.4, 0.5) is 5.69 Å². The van der Waals surface area contributed by atoms with Crippen LogP contribution in [0.3, 0.4) is 0 Å². The second-order valence-electron chi connectivity index (χ2n) is 5.27. The van der Waals surface area contributed by atoms with E-state index in [9.17, 15) is 4.79 Å². The maximum Gasteiger partial charge on any atom is 0.255 e. The van der Waals surface area contributed by atoms with Crippen molar-refractivity contribution in [2.24, 2.45) is 0 Å². The van der Waals surface area contributed by atoms with Crippen LogP contribution in [-0.4, -0.2) is 18.1 Å².